The number of hydrogen-bond acceptors (Lipinski definition) is 3. The number of rotatable bonds is 2. The molecule has 1 saturated heterocycles. The number of hydrogen-bond donors (Lipinski definition) is 1. The van der Waals surface area contributed by atoms with E-state index >= 15 is 0 Å². The summed E-state index contributed by atoms with van der Waals surface area (Å²) < 4.78 is 40.2. The summed E-state index contributed by atoms with van der Waals surface area (Å²) in [6, 6.07) is 13.5. The molecule has 0 atom stereocenters. The van der Waals surface area contributed by atoms with E-state index in [1.165, 1.54) is 0 Å². The topological polar surface area (TPSA) is 47.1 Å². The van der Waals surface area contributed by atoms with Crippen molar-refractivity contribution in [2.24, 2.45) is 0 Å². The fraction of sp³-hybridized carbons (Fsp3) is 0.316. The molecule has 3 aromatic rings. The smallest absolute Gasteiger partial charge is 0.371 e. The van der Waals surface area contributed by atoms with E-state index in [1.54, 1.807) is 12.1 Å². The Morgan fingerprint density at radius 3 is 2.27 bits per heavy atom. The molecule has 1 fully saturated rings. The van der Waals surface area contributed by atoms with Gasteiger partial charge in [-0.1, -0.05) is 12.1 Å². The van der Waals surface area contributed by atoms with Gasteiger partial charge in [0.05, 0.1) is 16.6 Å². The van der Waals surface area contributed by atoms with Crippen LogP contribution >= 0.6 is 0 Å². The van der Waals surface area contributed by atoms with Crippen LogP contribution in [0.3, 0.4) is 0 Å². The minimum absolute atomic E-state index is 0.244. The number of para-hydroxylation sites is 2. The van der Waals surface area contributed by atoms with Crippen molar-refractivity contribution in [1.82, 2.24) is 9.55 Å². The number of fused-ring (bicyclic) bond motifs is 1. The molecule has 0 amide bonds. The van der Waals surface area contributed by atoms with Crippen LogP contribution in [0.1, 0.15) is 24.4 Å². The van der Waals surface area contributed by atoms with Crippen LogP contribution < -0.4 is 10.6 Å². The second-order valence-electron chi connectivity index (χ2n) is 6.59. The second kappa shape index (κ2) is 6.23. The highest BCUT2D eigenvalue weighted by Crippen LogP contribution is 2.33. The van der Waals surface area contributed by atoms with E-state index in [4.69, 9.17) is 5.73 Å². The number of nitrogens with zero attached hydrogens (tertiary/aromatic N) is 3. The van der Waals surface area contributed by atoms with Crippen molar-refractivity contribution >= 4 is 22.7 Å². The van der Waals surface area contributed by atoms with E-state index in [0.717, 1.165) is 54.8 Å². The molecule has 1 aliphatic rings. The van der Waals surface area contributed by atoms with Crippen molar-refractivity contribution in [1.29, 1.82) is 0 Å². The zero-order valence-corrected chi connectivity index (χ0v) is 14.1. The molecule has 4 nitrogen and oxygen atoms in total. The predicted molar refractivity (Wildman–Crippen MR) is 96.1 cm³/mol. The van der Waals surface area contributed by atoms with Gasteiger partial charge in [0.1, 0.15) is 0 Å². The minimum Gasteiger partial charge on any atom is -0.371 e. The van der Waals surface area contributed by atoms with Gasteiger partial charge in [-0.2, -0.15) is 13.2 Å². The van der Waals surface area contributed by atoms with Crippen LogP contribution in [-0.4, -0.2) is 22.6 Å². The van der Waals surface area contributed by atoms with E-state index in [0.29, 0.717) is 5.95 Å². The number of alkyl halides is 3. The number of piperidine rings is 1. The molecule has 0 radical (unpaired) electrons. The van der Waals surface area contributed by atoms with Gasteiger partial charge >= 0.3 is 6.18 Å². The average molecular weight is 360 g/mol. The Kier molecular flexibility index (Phi) is 4.01. The van der Waals surface area contributed by atoms with Gasteiger partial charge in [-0.05, 0) is 49.2 Å². The van der Waals surface area contributed by atoms with Crippen molar-refractivity contribution in [3.05, 3.63) is 54.1 Å². The Balaban J connectivity index is 1.49. The summed E-state index contributed by atoms with van der Waals surface area (Å²) in [5.41, 5.74) is 8.23. The maximum atomic E-state index is 12.7. The van der Waals surface area contributed by atoms with Crippen molar-refractivity contribution < 1.29 is 13.2 Å². The van der Waals surface area contributed by atoms with Crippen LogP contribution in [0.5, 0.6) is 0 Å². The molecule has 2 aromatic carbocycles. The second-order valence-corrected chi connectivity index (χ2v) is 6.59. The maximum Gasteiger partial charge on any atom is 0.416 e. The first-order chi connectivity index (χ1) is 12.4. The summed E-state index contributed by atoms with van der Waals surface area (Å²) in [5.74, 6) is 0.513. The predicted octanol–water partition coefficient (Wildman–Crippen LogP) is 4.48. The first-order valence-corrected chi connectivity index (χ1v) is 8.58. The van der Waals surface area contributed by atoms with Crippen molar-refractivity contribution in [2.45, 2.75) is 25.1 Å². The van der Waals surface area contributed by atoms with Gasteiger partial charge in [-0.25, -0.2) is 4.98 Å². The summed E-state index contributed by atoms with van der Waals surface area (Å²) in [4.78, 5) is 6.54. The Hall–Kier alpha value is -2.70. The van der Waals surface area contributed by atoms with Crippen LogP contribution in [-0.2, 0) is 6.18 Å². The van der Waals surface area contributed by atoms with Crippen molar-refractivity contribution in [3.8, 4) is 0 Å². The molecule has 0 saturated carbocycles. The molecular formula is C19H19F3N4. The maximum absolute atomic E-state index is 12.7. The molecule has 2 N–H and O–H groups in total. The summed E-state index contributed by atoms with van der Waals surface area (Å²) in [6.07, 6.45) is -2.57. The van der Waals surface area contributed by atoms with Gasteiger partial charge in [0, 0.05) is 24.8 Å². The van der Waals surface area contributed by atoms with Gasteiger partial charge < -0.3 is 15.2 Å². The largest absolute Gasteiger partial charge is 0.416 e. The van der Waals surface area contributed by atoms with Crippen LogP contribution in [0, 0.1) is 0 Å². The van der Waals surface area contributed by atoms with Gasteiger partial charge in [0.15, 0.2) is 0 Å². The van der Waals surface area contributed by atoms with Crippen molar-refractivity contribution in [2.75, 3.05) is 23.7 Å². The third-order valence-corrected chi connectivity index (χ3v) is 5.01. The molecule has 0 bridgehead atoms. The highest BCUT2D eigenvalue weighted by atomic mass is 19.4. The third-order valence-electron chi connectivity index (χ3n) is 5.01. The molecule has 0 unspecified atom stereocenters. The molecule has 4 rings (SSSR count). The summed E-state index contributed by atoms with van der Waals surface area (Å²) in [6.45, 7) is 1.53. The van der Waals surface area contributed by atoms with Gasteiger partial charge in [0.2, 0.25) is 5.95 Å². The summed E-state index contributed by atoms with van der Waals surface area (Å²) in [7, 11) is 0. The quantitative estimate of drug-likeness (QED) is 0.733. The molecule has 1 aromatic heterocycles. The van der Waals surface area contributed by atoms with E-state index in [-0.39, 0.29) is 6.04 Å². The lowest BCUT2D eigenvalue weighted by atomic mass is 10.0. The highest BCUT2D eigenvalue weighted by Gasteiger charge is 2.30. The van der Waals surface area contributed by atoms with Crippen molar-refractivity contribution in [3.63, 3.8) is 0 Å². The molecular weight excluding hydrogens is 341 g/mol. The van der Waals surface area contributed by atoms with E-state index in [2.05, 4.69) is 14.5 Å². The molecule has 1 aliphatic heterocycles. The molecule has 2 heterocycles. The number of benzene rings is 2. The molecule has 26 heavy (non-hydrogen) atoms. The fourth-order valence-electron chi connectivity index (χ4n) is 3.69. The summed E-state index contributed by atoms with van der Waals surface area (Å²) in [5, 5.41) is 0. The number of halogens is 3. The minimum atomic E-state index is -4.30. The third kappa shape index (κ3) is 2.98. The number of imidazole rings is 1. The lowest BCUT2D eigenvalue weighted by Crippen LogP contribution is -2.34. The fourth-order valence-corrected chi connectivity index (χ4v) is 3.69. The lowest BCUT2D eigenvalue weighted by Gasteiger charge is -2.34. The molecule has 0 aliphatic carbocycles. The number of aromatic nitrogens is 2. The van der Waals surface area contributed by atoms with Crippen LogP contribution in [0.25, 0.3) is 11.0 Å². The number of nitrogens with two attached hydrogens (primary N) is 1. The summed E-state index contributed by atoms with van der Waals surface area (Å²) >= 11 is 0. The average Bonchev–Trinajstić information content (AvgIpc) is 2.97. The molecule has 136 valence electrons. The van der Waals surface area contributed by atoms with Crippen LogP contribution in [0.4, 0.5) is 24.8 Å². The van der Waals surface area contributed by atoms with Crippen LogP contribution in [0.15, 0.2) is 48.5 Å². The number of nitrogen functional groups attached to an aromatic ring is 1. The first kappa shape index (κ1) is 16.8. The highest BCUT2D eigenvalue weighted by molar-refractivity contribution is 5.78. The first-order valence-electron chi connectivity index (χ1n) is 8.58. The molecule has 7 heteroatoms. The molecule has 0 spiro atoms. The Morgan fingerprint density at radius 1 is 0.962 bits per heavy atom. The Morgan fingerprint density at radius 2 is 1.62 bits per heavy atom. The normalized spacial score (nSPS) is 16.3. The zero-order valence-electron chi connectivity index (χ0n) is 14.1. The van der Waals surface area contributed by atoms with Gasteiger partial charge in [-0.3, -0.25) is 0 Å². The van der Waals surface area contributed by atoms with Gasteiger partial charge in [0.25, 0.3) is 0 Å². The van der Waals surface area contributed by atoms with E-state index in [9.17, 15) is 13.2 Å². The monoisotopic (exact) mass is 360 g/mol. The Bertz CT molecular complexity index is 907. The van der Waals surface area contributed by atoms with E-state index in [1.807, 2.05) is 24.3 Å². The Labute approximate surface area is 149 Å². The zero-order chi connectivity index (χ0) is 18.3. The van der Waals surface area contributed by atoms with Gasteiger partial charge in [-0.15, -0.1) is 0 Å². The standard InChI is InChI=1S/C19H19F3N4/c20-19(21,22)13-5-7-14(8-6-13)25-11-9-15(10-12-25)26-17-4-2-1-3-16(17)24-18(26)23/h1-8,15H,9-12H2,(H2,23,24). The van der Waals surface area contributed by atoms with E-state index < -0.39 is 11.7 Å². The lowest BCUT2D eigenvalue weighted by molar-refractivity contribution is -0.137. The van der Waals surface area contributed by atoms with Crippen LogP contribution in [0.2, 0.25) is 0 Å². The SMILES string of the molecule is Nc1nc2ccccc2n1C1CCN(c2ccc(C(F)(F)F)cc2)CC1. The number of anilines is 2.